The standard InChI is InChI=1S/C20H32O4/c1-2-3-6-9-15(21)12-13-17-16-10-7-4-5-8-11-20(23)24-19(17)14-18(16)22/h4,7,12-13,15-19,21-22H,2-3,5-6,8-11,14H2,1H3/b7-4?,13-12-/t15-,16+,17+,18-,19+/m0/s1. The van der Waals surface area contributed by atoms with Crippen LogP contribution in [0.5, 0.6) is 0 Å². The van der Waals surface area contributed by atoms with Crippen molar-refractivity contribution in [1.82, 2.24) is 0 Å². The van der Waals surface area contributed by atoms with E-state index < -0.39 is 12.2 Å². The molecule has 136 valence electrons. The Bertz CT molecular complexity index is 443. The Morgan fingerprint density at radius 3 is 3.00 bits per heavy atom. The van der Waals surface area contributed by atoms with Gasteiger partial charge in [-0.25, -0.2) is 0 Å². The lowest BCUT2D eigenvalue weighted by atomic mass is 9.89. The Morgan fingerprint density at radius 2 is 2.21 bits per heavy atom. The summed E-state index contributed by atoms with van der Waals surface area (Å²) >= 11 is 0. The molecule has 2 aliphatic rings. The summed E-state index contributed by atoms with van der Waals surface area (Å²) in [5.74, 6) is -0.145. The van der Waals surface area contributed by atoms with Crippen LogP contribution in [0.1, 0.15) is 64.7 Å². The predicted octanol–water partition coefficient (Wildman–Crippen LogP) is 3.52. The van der Waals surface area contributed by atoms with Gasteiger partial charge in [-0.15, -0.1) is 0 Å². The number of rotatable bonds is 6. The van der Waals surface area contributed by atoms with E-state index in [1.165, 1.54) is 0 Å². The van der Waals surface area contributed by atoms with Crippen LogP contribution in [0.3, 0.4) is 0 Å². The molecule has 0 aromatic rings. The third-order valence-corrected chi connectivity index (χ3v) is 5.16. The highest BCUT2D eigenvalue weighted by molar-refractivity contribution is 5.69. The molecule has 4 nitrogen and oxygen atoms in total. The summed E-state index contributed by atoms with van der Waals surface area (Å²) in [5.41, 5.74) is 0. The summed E-state index contributed by atoms with van der Waals surface area (Å²) < 4.78 is 5.63. The number of allylic oxidation sites excluding steroid dienone is 2. The van der Waals surface area contributed by atoms with Crippen LogP contribution in [-0.4, -0.2) is 34.5 Å². The Labute approximate surface area is 145 Å². The van der Waals surface area contributed by atoms with E-state index in [4.69, 9.17) is 4.74 Å². The van der Waals surface area contributed by atoms with E-state index in [-0.39, 0.29) is 23.9 Å². The van der Waals surface area contributed by atoms with Gasteiger partial charge in [-0.1, -0.05) is 50.5 Å². The molecule has 2 bridgehead atoms. The average molecular weight is 336 g/mol. The second kappa shape index (κ2) is 10.00. The Kier molecular flexibility index (Phi) is 8.00. The molecular formula is C20H32O4. The molecule has 2 N–H and O–H groups in total. The summed E-state index contributed by atoms with van der Waals surface area (Å²) in [4.78, 5) is 12.0. The predicted molar refractivity (Wildman–Crippen MR) is 94.4 cm³/mol. The van der Waals surface area contributed by atoms with Gasteiger partial charge in [-0.3, -0.25) is 4.79 Å². The zero-order chi connectivity index (χ0) is 17.4. The highest BCUT2D eigenvalue weighted by Gasteiger charge is 2.42. The fourth-order valence-electron chi connectivity index (χ4n) is 3.73. The number of esters is 1. The van der Waals surface area contributed by atoms with E-state index in [9.17, 15) is 15.0 Å². The van der Waals surface area contributed by atoms with E-state index in [0.29, 0.717) is 12.8 Å². The third-order valence-electron chi connectivity index (χ3n) is 5.16. The van der Waals surface area contributed by atoms with Crippen molar-refractivity contribution in [3.63, 3.8) is 0 Å². The van der Waals surface area contributed by atoms with Crippen LogP contribution in [0.2, 0.25) is 0 Å². The van der Waals surface area contributed by atoms with Gasteiger partial charge >= 0.3 is 5.97 Å². The molecule has 1 heterocycles. The van der Waals surface area contributed by atoms with E-state index in [1.54, 1.807) is 0 Å². The largest absolute Gasteiger partial charge is 0.462 e. The lowest BCUT2D eigenvalue weighted by Crippen LogP contribution is -2.24. The first-order chi connectivity index (χ1) is 11.6. The molecule has 24 heavy (non-hydrogen) atoms. The van der Waals surface area contributed by atoms with Crippen molar-refractivity contribution in [3.8, 4) is 0 Å². The molecule has 5 atom stereocenters. The summed E-state index contributed by atoms with van der Waals surface area (Å²) in [6.45, 7) is 2.14. The van der Waals surface area contributed by atoms with Crippen LogP contribution < -0.4 is 0 Å². The minimum atomic E-state index is -0.461. The summed E-state index contributed by atoms with van der Waals surface area (Å²) in [6.07, 6.45) is 14.2. The molecular weight excluding hydrogens is 304 g/mol. The maximum Gasteiger partial charge on any atom is 0.306 e. The van der Waals surface area contributed by atoms with Crippen molar-refractivity contribution in [2.45, 2.75) is 83.0 Å². The van der Waals surface area contributed by atoms with Crippen molar-refractivity contribution in [2.75, 3.05) is 0 Å². The van der Waals surface area contributed by atoms with Gasteiger partial charge in [0.15, 0.2) is 0 Å². The SMILES string of the molecule is CCCCC[C@H](O)/C=C\[C@@H]1[C@H]2CC=CCCCC(=O)O[C@@H]1C[C@@H]2O. The molecule has 1 fully saturated rings. The van der Waals surface area contributed by atoms with Gasteiger partial charge in [0.25, 0.3) is 0 Å². The van der Waals surface area contributed by atoms with E-state index >= 15 is 0 Å². The minimum absolute atomic E-state index is 0.0208. The lowest BCUT2D eigenvalue weighted by molar-refractivity contribution is -0.150. The van der Waals surface area contributed by atoms with Crippen LogP contribution in [0.25, 0.3) is 0 Å². The van der Waals surface area contributed by atoms with Crippen molar-refractivity contribution in [1.29, 1.82) is 0 Å². The molecule has 1 aliphatic carbocycles. The fourth-order valence-corrected chi connectivity index (χ4v) is 3.73. The average Bonchev–Trinajstić information content (AvgIpc) is 2.81. The molecule has 0 radical (unpaired) electrons. The molecule has 0 saturated heterocycles. The molecule has 0 unspecified atom stereocenters. The Hall–Kier alpha value is -1.13. The van der Waals surface area contributed by atoms with Crippen molar-refractivity contribution in [2.24, 2.45) is 11.8 Å². The minimum Gasteiger partial charge on any atom is -0.462 e. The summed E-state index contributed by atoms with van der Waals surface area (Å²) in [6, 6.07) is 0. The highest BCUT2D eigenvalue weighted by atomic mass is 16.5. The van der Waals surface area contributed by atoms with Crippen molar-refractivity contribution < 1.29 is 19.7 Å². The van der Waals surface area contributed by atoms with Crippen LogP contribution in [-0.2, 0) is 9.53 Å². The number of hydrogen-bond acceptors (Lipinski definition) is 4. The maximum absolute atomic E-state index is 12.0. The van der Waals surface area contributed by atoms with Gasteiger partial charge in [0, 0.05) is 18.8 Å². The van der Waals surface area contributed by atoms with Crippen LogP contribution in [0.4, 0.5) is 0 Å². The number of ether oxygens (including phenoxy) is 1. The number of unbranched alkanes of at least 4 members (excludes halogenated alkanes) is 2. The number of aliphatic hydroxyl groups is 2. The number of fused-ring (bicyclic) bond motifs is 2. The number of aliphatic hydroxyl groups excluding tert-OH is 2. The first-order valence-electron chi connectivity index (χ1n) is 9.50. The summed E-state index contributed by atoms with van der Waals surface area (Å²) in [5, 5.41) is 20.5. The van der Waals surface area contributed by atoms with E-state index in [1.807, 2.05) is 12.2 Å². The van der Waals surface area contributed by atoms with Gasteiger partial charge in [0.1, 0.15) is 6.10 Å². The molecule has 0 spiro atoms. The maximum atomic E-state index is 12.0. The summed E-state index contributed by atoms with van der Waals surface area (Å²) in [7, 11) is 0. The quantitative estimate of drug-likeness (QED) is 0.442. The van der Waals surface area contributed by atoms with Gasteiger partial charge in [0.2, 0.25) is 0 Å². The zero-order valence-electron chi connectivity index (χ0n) is 14.8. The Balaban J connectivity index is 2.04. The molecule has 0 aromatic carbocycles. The molecule has 0 amide bonds. The van der Waals surface area contributed by atoms with Gasteiger partial charge < -0.3 is 14.9 Å². The second-order valence-corrected chi connectivity index (χ2v) is 7.12. The number of hydrogen-bond donors (Lipinski definition) is 2. The Morgan fingerprint density at radius 1 is 1.38 bits per heavy atom. The van der Waals surface area contributed by atoms with Crippen molar-refractivity contribution >= 4 is 5.97 Å². The third kappa shape index (κ3) is 5.75. The topological polar surface area (TPSA) is 66.8 Å². The lowest BCUT2D eigenvalue weighted by Gasteiger charge is -2.22. The van der Waals surface area contributed by atoms with Crippen LogP contribution in [0, 0.1) is 11.8 Å². The molecule has 4 heteroatoms. The van der Waals surface area contributed by atoms with E-state index in [0.717, 1.165) is 44.9 Å². The van der Waals surface area contributed by atoms with Gasteiger partial charge in [0.05, 0.1) is 12.2 Å². The number of carbonyl (C=O) groups excluding carboxylic acids is 1. The molecule has 0 aromatic heterocycles. The smallest absolute Gasteiger partial charge is 0.306 e. The molecule has 1 aliphatic heterocycles. The first-order valence-corrected chi connectivity index (χ1v) is 9.50. The van der Waals surface area contributed by atoms with Crippen molar-refractivity contribution in [3.05, 3.63) is 24.3 Å². The van der Waals surface area contributed by atoms with Crippen LogP contribution in [0.15, 0.2) is 24.3 Å². The highest BCUT2D eigenvalue weighted by Crippen LogP contribution is 2.38. The fraction of sp³-hybridized carbons (Fsp3) is 0.750. The van der Waals surface area contributed by atoms with Crippen LogP contribution >= 0.6 is 0 Å². The monoisotopic (exact) mass is 336 g/mol. The normalized spacial score (nSPS) is 32.5. The van der Waals surface area contributed by atoms with Gasteiger partial charge in [-0.2, -0.15) is 0 Å². The number of carbonyl (C=O) groups is 1. The van der Waals surface area contributed by atoms with Gasteiger partial charge in [-0.05, 0) is 31.6 Å². The zero-order valence-corrected chi connectivity index (χ0v) is 14.8. The molecule has 1 saturated carbocycles. The van der Waals surface area contributed by atoms with E-state index in [2.05, 4.69) is 19.1 Å². The molecule has 2 rings (SSSR count). The first kappa shape index (κ1) is 19.2. The second-order valence-electron chi connectivity index (χ2n) is 7.12.